The zero-order valence-corrected chi connectivity index (χ0v) is 14.5. The summed E-state index contributed by atoms with van der Waals surface area (Å²) in [6.45, 7) is 1.06. The van der Waals surface area contributed by atoms with Gasteiger partial charge in [0.15, 0.2) is 0 Å². The van der Waals surface area contributed by atoms with Gasteiger partial charge in [0.2, 0.25) is 11.8 Å². The predicted molar refractivity (Wildman–Crippen MR) is 92.8 cm³/mol. The number of piperidine rings is 1. The summed E-state index contributed by atoms with van der Waals surface area (Å²) < 4.78 is 0. The molecule has 2 bridgehead atoms. The molecule has 26 heavy (non-hydrogen) atoms. The van der Waals surface area contributed by atoms with Crippen LogP contribution in [0.15, 0.2) is 18.2 Å². The molecule has 2 heterocycles. The maximum absolute atomic E-state index is 13.0. The van der Waals surface area contributed by atoms with Gasteiger partial charge in [-0.1, -0.05) is 18.2 Å². The van der Waals surface area contributed by atoms with Gasteiger partial charge in [-0.05, 0) is 36.8 Å². The van der Waals surface area contributed by atoms with Crippen molar-refractivity contribution in [1.29, 1.82) is 0 Å². The van der Waals surface area contributed by atoms with Crippen molar-refractivity contribution in [3.8, 4) is 0 Å². The summed E-state index contributed by atoms with van der Waals surface area (Å²) >= 11 is 0. The lowest BCUT2D eigenvalue weighted by Crippen LogP contribution is -2.81. The molecule has 4 fully saturated rings. The minimum Gasteiger partial charge on any atom is -0.325 e. The molecule has 3 saturated carbocycles. The molecule has 3 aliphatic carbocycles. The zero-order valence-electron chi connectivity index (χ0n) is 14.5. The molecule has 136 valence electrons. The first-order chi connectivity index (χ1) is 12.4. The van der Waals surface area contributed by atoms with Crippen molar-refractivity contribution in [2.75, 3.05) is 0 Å². The molecule has 0 radical (unpaired) electrons. The number of hydrogen-bond donors (Lipinski definition) is 3. The second kappa shape index (κ2) is 5.14. The number of benzene rings is 1. The smallest absolute Gasteiger partial charge is 0.255 e. The molecule has 0 aromatic heterocycles. The standard InChI is InChI=1S/C19H22N4O3/c20-18-8-19(9-18,10-18)21-6-11-2-1-3-12-7-23(17(26)15(11)12)13-4-5-14(24)22-16(13)25/h1-3,13,21H,4-10,20H2,(H,22,24,25). The normalized spacial score (nSPS) is 34.9. The van der Waals surface area contributed by atoms with E-state index in [1.165, 1.54) is 0 Å². The van der Waals surface area contributed by atoms with E-state index < -0.39 is 6.04 Å². The highest BCUT2D eigenvalue weighted by Crippen LogP contribution is 2.58. The van der Waals surface area contributed by atoms with E-state index in [1.54, 1.807) is 4.90 Å². The Kier molecular flexibility index (Phi) is 3.16. The molecule has 0 spiro atoms. The Morgan fingerprint density at radius 3 is 2.69 bits per heavy atom. The average Bonchev–Trinajstić information content (AvgIpc) is 2.87. The summed E-state index contributed by atoms with van der Waals surface area (Å²) in [5, 5.41) is 5.93. The SMILES string of the molecule is NC12CC(NCc3cccc4c3C(=O)N(C3CCC(=O)NC3=O)C4)(C1)C2. The minimum atomic E-state index is -0.567. The number of nitrogens with zero attached hydrogens (tertiary/aromatic N) is 1. The molecule has 4 N–H and O–H groups in total. The second-order valence-electron chi connectivity index (χ2n) is 8.38. The van der Waals surface area contributed by atoms with Crippen LogP contribution in [0.5, 0.6) is 0 Å². The number of imide groups is 1. The lowest BCUT2D eigenvalue weighted by molar-refractivity contribution is -0.136. The predicted octanol–water partition coefficient (Wildman–Crippen LogP) is 0.171. The van der Waals surface area contributed by atoms with Crippen molar-refractivity contribution in [1.82, 2.24) is 15.5 Å². The van der Waals surface area contributed by atoms with Gasteiger partial charge in [-0.25, -0.2) is 0 Å². The Hall–Kier alpha value is -2.25. The van der Waals surface area contributed by atoms with Crippen molar-refractivity contribution in [3.05, 3.63) is 34.9 Å². The van der Waals surface area contributed by atoms with Gasteiger partial charge < -0.3 is 16.0 Å². The van der Waals surface area contributed by atoms with Gasteiger partial charge in [0, 0.05) is 36.2 Å². The second-order valence-corrected chi connectivity index (χ2v) is 8.38. The highest BCUT2D eigenvalue weighted by molar-refractivity contribution is 6.05. The van der Waals surface area contributed by atoms with Crippen LogP contribution in [0.25, 0.3) is 0 Å². The molecular formula is C19H22N4O3. The van der Waals surface area contributed by atoms with Crippen LogP contribution in [0.1, 0.15) is 53.6 Å². The molecule has 1 unspecified atom stereocenters. The van der Waals surface area contributed by atoms with Crippen LogP contribution in [0.3, 0.4) is 0 Å². The number of carbonyl (C=O) groups excluding carboxylic acids is 3. The van der Waals surface area contributed by atoms with Gasteiger partial charge in [-0.2, -0.15) is 0 Å². The monoisotopic (exact) mass is 354 g/mol. The number of carbonyl (C=O) groups is 3. The molecule has 7 nitrogen and oxygen atoms in total. The van der Waals surface area contributed by atoms with Gasteiger partial charge in [0.1, 0.15) is 6.04 Å². The fraction of sp³-hybridized carbons (Fsp3) is 0.526. The third-order valence-electron chi connectivity index (χ3n) is 6.36. The van der Waals surface area contributed by atoms with E-state index in [9.17, 15) is 14.4 Å². The summed E-state index contributed by atoms with van der Waals surface area (Å²) in [5.74, 6) is -0.750. The van der Waals surface area contributed by atoms with Crippen molar-refractivity contribution in [2.24, 2.45) is 5.73 Å². The Morgan fingerprint density at radius 1 is 1.23 bits per heavy atom. The minimum absolute atomic E-state index is 0.0457. The van der Waals surface area contributed by atoms with Crippen LogP contribution in [0, 0.1) is 0 Å². The summed E-state index contributed by atoms with van der Waals surface area (Å²) in [5.41, 5.74) is 8.94. The maximum atomic E-state index is 13.0. The van der Waals surface area contributed by atoms with Crippen LogP contribution in [-0.2, 0) is 22.7 Å². The molecule has 7 heteroatoms. The number of amides is 3. The van der Waals surface area contributed by atoms with Crippen molar-refractivity contribution < 1.29 is 14.4 Å². The summed E-state index contributed by atoms with van der Waals surface area (Å²) in [4.78, 5) is 38.2. The van der Waals surface area contributed by atoms with E-state index >= 15 is 0 Å². The molecule has 1 aromatic rings. The topological polar surface area (TPSA) is 105 Å². The highest BCUT2D eigenvalue weighted by Gasteiger charge is 2.65. The zero-order chi connectivity index (χ0) is 18.1. The van der Waals surface area contributed by atoms with Crippen LogP contribution < -0.4 is 16.4 Å². The number of hydrogen-bond acceptors (Lipinski definition) is 5. The van der Waals surface area contributed by atoms with Crippen molar-refractivity contribution in [2.45, 2.75) is 62.3 Å². The fourth-order valence-corrected chi connectivity index (χ4v) is 5.17. The maximum Gasteiger partial charge on any atom is 0.255 e. The highest BCUT2D eigenvalue weighted by atomic mass is 16.2. The summed E-state index contributed by atoms with van der Waals surface area (Å²) in [6.07, 6.45) is 3.68. The van der Waals surface area contributed by atoms with Gasteiger partial charge in [0.05, 0.1) is 0 Å². The number of fused-ring (bicyclic) bond motifs is 1. The largest absolute Gasteiger partial charge is 0.325 e. The average molecular weight is 354 g/mol. The Labute approximate surface area is 151 Å². The lowest BCUT2D eigenvalue weighted by atomic mass is 9.44. The molecule has 1 saturated heterocycles. The third-order valence-corrected chi connectivity index (χ3v) is 6.36. The van der Waals surface area contributed by atoms with Gasteiger partial charge >= 0.3 is 0 Å². The fourth-order valence-electron chi connectivity index (χ4n) is 5.17. The van der Waals surface area contributed by atoms with E-state index in [0.717, 1.165) is 30.4 Å². The van der Waals surface area contributed by atoms with E-state index in [4.69, 9.17) is 5.73 Å². The molecule has 1 aromatic carbocycles. The quantitative estimate of drug-likeness (QED) is 0.669. The number of nitrogens with one attached hydrogen (secondary N) is 2. The summed E-state index contributed by atoms with van der Waals surface area (Å²) in [6, 6.07) is 5.31. The molecule has 2 aliphatic heterocycles. The first kappa shape index (κ1) is 16.0. The van der Waals surface area contributed by atoms with Crippen LogP contribution in [0.4, 0.5) is 0 Å². The molecule has 5 aliphatic rings. The van der Waals surface area contributed by atoms with Crippen molar-refractivity contribution in [3.63, 3.8) is 0 Å². The summed E-state index contributed by atoms with van der Waals surface area (Å²) in [7, 11) is 0. The third kappa shape index (κ3) is 2.23. The first-order valence-electron chi connectivity index (χ1n) is 9.18. The molecular weight excluding hydrogens is 332 g/mol. The van der Waals surface area contributed by atoms with Gasteiger partial charge in [0.25, 0.3) is 5.91 Å². The van der Waals surface area contributed by atoms with Crippen molar-refractivity contribution >= 4 is 17.7 Å². The Morgan fingerprint density at radius 2 is 2.00 bits per heavy atom. The Balaban J connectivity index is 1.34. The molecule has 3 amide bonds. The van der Waals surface area contributed by atoms with E-state index in [0.29, 0.717) is 25.1 Å². The van der Waals surface area contributed by atoms with Gasteiger partial charge in [-0.3, -0.25) is 19.7 Å². The molecule has 6 rings (SSSR count). The van der Waals surface area contributed by atoms with Crippen LogP contribution in [0.2, 0.25) is 0 Å². The number of nitrogens with two attached hydrogens (primary N) is 1. The first-order valence-corrected chi connectivity index (χ1v) is 9.18. The van der Waals surface area contributed by atoms with E-state index in [-0.39, 0.29) is 35.2 Å². The lowest BCUT2D eigenvalue weighted by Gasteiger charge is -2.69. The van der Waals surface area contributed by atoms with Gasteiger partial charge in [-0.15, -0.1) is 0 Å². The number of rotatable bonds is 4. The Bertz CT molecular complexity index is 829. The van der Waals surface area contributed by atoms with Crippen LogP contribution in [-0.4, -0.2) is 39.7 Å². The van der Waals surface area contributed by atoms with E-state index in [1.807, 2.05) is 18.2 Å². The van der Waals surface area contributed by atoms with Crippen LogP contribution >= 0.6 is 0 Å². The van der Waals surface area contributed by atoms with E-state index in [2.05, 4.69) is 10.6 Å². The molecule has 1 atom stereocenters.